The Kier molecular flexibility index (Phi) is 8.20. The van der Waals surface area contributed by atoms with E-state index in [9.17, 15) is 14.1 Å². The van der Waals surface area contributed by atoms with Crippen LogP contribution in [0.25, 0.3) is 11.0 Å². The summed E-state index contributed by atoms with van der Waals surface area (Å²) in [5.41, 5.74) is -0.707. The largest absolute Gasteiger partial charge is 0.383 e. The first-order valence-corrected chi connectivity index (χ1v) is 15.4. The Balaban J connectivity index is 1.61. The maximum atomic E-state index is 15.4. The molecule has 2 aliphatic heterocycles. The van der Waals surface area contributed by atoms with E-state index in [2.05, 4.69) is 15.3 Å². The molecular formula is C30H36F2N4O3S. The molecule has 214 valence electrons. The van der Waals surface area contributed by atoms with E-state index in [1.54, 1.807) is 29.7 Å². The van der Waals surface area contributed by atoms with Gasteiger partial charge in [-0.15, -0.1) is 0 Å². The van der Waals surface area contributed by atoms with E-state index < -0.39 is 22.3 Å². The van der Waals surface area contributed by atoms with Gasteiger partial charge in [-0.25, -0.2) is 9.97 Å². The van der Waals surface area contributed by atoms with Crippen molar-refractivity contribution in [3.8, 4) is 0 Å². The Bertz CT molecular complexity index is 1510. The van der Waals surface area contributed by atoms with Crippen molar-refractivity contribution in [2.75, 3.05) is 16.8 Å². The Morgan fingerprint density at radius 1 is 1.12 bits per heavy atom. The number of anilines is 1. The molecule has 1 saturated heterocycles. The van der Waals surface area contributed by atoms with Gasteiger partial charge in [0.05, 0.1) is 5.39 Å². The van der Waals surface area contributed by atoms with Crippen molar-refractivity contribution in [2.24, 2.45) is 0 Å². The van der Waals surface area contributed by atoms with Crippen molar-refractivity contribution in [1.82, 2.24) is 14.5 Å². The summed E-state index contributed by atoms with van der Waals surface area (Å²) in [6, 6.07) is 7.94. The van der Waals surface area contributed by atoms with Gasteiger partial charge in [0.1, 0.15) is 22.9 Å². The number of pyridine rings is 1. The average Bonchev–Trinajstić information content (AvgIpc) is 2.92. The lowest BCUT2D eigenvalue weighted by Gasteiger charge is -2.32. The molecule has 1 fully saturated rings. The monoisotopic (exact) mass is 570 g/mol. The standard InChI is InChI=1S/C30H36F2N4O3S/c1-20-34-26-25-18-24(22-11-15-40(39)16-12-22)28(37)36(27(25)35-20)14-7-5-3-4-6-13-29(2,38)30(31,32)23-10-8-9-21(17-23)19-33-26/h4,6,8-10,17-18,22,38H,3,5,7,11-16,19H2,1-2H3,(H,33,34,35)/b6-4-. The molecule has 1 unspecified atom stereocenters. The van der Waals surface area contributed by atoms with Crippen molar-refractivity contribution in [1.29, 1.82) is 0 Å². The molecule has 0 saturated carbocycles. The van der Waals surface area contributed by atoms with Crippen LogP contribution < -0.4 is 10.9 Å². The van der Waals surface area contributed by atoms with E-state index in [1.165, 1.54) is 19.1 Å². The zero-order chi connectivity index (χ0) is 28.5. The molecule has 2 aliphatic rings. The van der Waals surface area contributed by atoms with Crippen molar-refractivity contribution in [3.63, 3.8) is 0 Å². The lowest BCUT2D eigenvalue weighted by atomic mass is 9.87. The first-order chi connectivity index (χ1) is 19.1. The van der Waals surface area contributed by atoms with Crippen LogP contribution in [0.5, 0.6) is 0 Å². The SMILES string of the molecule is Cc1nc2c3cc(C4CCS(=O)CC4)c(=O)n(c3n1)CCCC/C=C\CC(C)(O)C(F)(F)c1cccc(c1)CN2. The maximum Gasteiger partial charge on any atom is 0.301 e. The fraction of sp³-hybridized carbons (Fsp3) is 0.500. The highest BCUT2D eigenvalue weighted by Crippen LogP contribution is 2.41. The number of nitrogens with one attached hydrogen (secondary N) is 1. The number of allylic oxidation sites excluding steroid dienone is 1. The summed E-state index contributed by atoms with van der Waals surface area (Å²) >= 11 is 0. The van der Waals surface area contributed by atoms with Gasteiger partial charge >= 0.3 is 5.92 Å². The highest BCUT2D eigenvalue weighted by molar-refractivity contribution is 7.85. The van der Waals surface area contributed by atoms with Gasteiger partial charge in [-0.2, -0.15) is 8.78 Å². The molecule has 10 heteroatoms. The van der Waals surface area contributed by atoms with E-state index in [0.29, 0.717) is 77.5 Å². The van der Waals surface area contributed by atoms with E-state index in [4.69, 9.17) is 0 Å². The molecular weight excluding hydrogens is 534 g/mol. The molecule has 0 spiro atoms. The first kappa shape index (κ1) is 28.5. The van der Waals surface area contributed by atoms with Crippen LogP contribution >= 0.6 is 0 Å². The van der Waals surface area contributed by atoms with Crippen LogP contribution in [0.15, 0.2) is 47.3 Å². The second-order valence-corrected chi connectivity index (χ2v) is 12.8. The van der Waals surface area contributed by atoms with Crippen LogP contribution in [-0.4, -0.2) is 41.0 Å². The number of hydrogen-bond donors (Lipinski definition) is 2. The summed E-state index contributed by atoms with van der Waals surface area (Å²) in [5, 5.41) is 14.7. The lowest BCUT2D eigenvalue weighted by Crippen LogP contribution is -2.42. The fourth-order valence-electron chi connectivity index (χ4n) is 5.58. The highest BCUT2D eigenvalue weighted by Gasteiger charge is 2.49. The molecule has 0 radical (unpaired) electrons. The van der Waals surface area contributed by atoms with Crippen LogP contribution in [0.1, 0.15) is 73.9 Å². The molecule has 3 aromatic rings. The van der Waals surface area contributed by atoms with Gasteiger partial charge in [0.15, 0.2) is 0 Å². The second kappa shape index (κ2) is 11.5. The maximum absolute atomic E-state index is 15.4. The topological polar surface area (TPSA) is 97.1 Å². The molecule has 7 nitrogen and oxygen atoms in total. The Hall–Kier alpha value is -2.98. The predicted molar refractivity (Wildman–Crippen MR) is 154 cm³/mol. The second-order valence-electron chi connectivity index (χ2n) is 11.1. The van der Waals surface area contributed by atoms with Gasteiger partial charge in [-0.3, -0.25) is 13.6 Å². The van der Waals surface area contributed by atoms with E-state index in [1.807, 2.05) is 12.1 Å². The smallest absolute Gasteiger partial charge is 0.301 e. The molecule has 1 atom stereocenters. The van der Waals surface area contributed by atoms with Crippen molar-refractivity contribution >= 4 is 27.7 Å². The molecule has 5 rings (SSSR count). The third-order valence-corrected chi connectivity index (χ3v) is 9.41. The van der Waals surface area contributed by atoms with Gasteiger partial charge < -0.3 is 10.4 Å². The Morgan fingerprint density at radius 2 is 1.90 bits per heavy atom. The summed E-state index contributed by atoms with van der Waals surface area (Å²) in [7, 11) is -0.844. The number of aromatic nitrogens is 3. The summed E-state index contributed by atoms with van der Waals surface area (Å²) < 4.78 is 44.6. The van der Waals surface area contributed by atoms with Crippen molar-refractivity contribution in [2.45, 2.75) is 82.9 Å². The number of halogens is 2. The Labute approximate surface area is 235 Å². The van der Waals surface area contributed by atoms with E-state index >= 15 is 8.78 Å². The van der Waals surface area contributed by atoms with Crippen molar-refractivity contribution < 1.29 is 18.1 Å². The number of nitrogens with zero attached hydrogens (tertiary/aromatic N) is 3. The van der Waals surface area contributed by atoms with E-state index in [-0.39, 0.29) is 30.0 Å². The molecule has 2 aromatic heterocycles. The average molecular weight is 571 g/mol. The number of aryl methyl sites for hydroxylation is 2. The number of benzene rings is 1. The minimum absolute atomic E-state index is 0.0162. The number of aliphatic hydroxyl groups is 1. The summed E-state index contributed by atoms with van der Waals surface area (Å²) in [4.78, 5) is 23.1. The van der Waals surface area contributed by atoms with Crippen LogP contribution in [0.3, 0.4) is 0 Å². The number of hydrogen-bond acceptors (Lipinski definition) is 6. The number of fused-ring (bicyclic) bond motifs is 2. The Morgan fingerprint density at radius 3 is 2.67 bits per heavy atom. The predicted octanol–water partition coefficient (Wildman–Crippen LogP) is 5.31. The van der Waals surface area contributed by atoms with Gasteiger partial charge in [-0.05, 0) is 69.6 Å². The molecule has 4 heterocycles. The zero-order valence-electron chi connectivity index (χ0n) is 23.0. The number of rotatable bonds is 1. The first-order valence-electron chi connectivity index (χ1n) is 13.9. The highest BCUT2D eigenvalue weighted by atomic mass is 32.2. The normalized spacial score (nSPS) is 26.5. The van der Waals surface area contributed by atoms with Crippen LogP contribution in [-0.2, 0) is 29.8 Å². The number of alkyl halides is 2. The van der Waals surface area contributed by atoms with Gasteiger partial charge in [-0.1, -0.05) is 30.4 Å². The lowest BCUT2D eigenvalue weighted by molar-refractivity contribution is -0.176. The molecule has 0 amide bonds. The summed E-state index contributed by atoms with van der Waals surface area (Å²) in [6.45, 7) is 3.61. The fourth-order valence-corrected chi connectivity index (χ4v) is 6.88. The van der Waals surface area contributed by atoms with Crippen LogP contribution in [0, 0.1) is 6.92 Å². The molecule has 6 bridgehead atoms. The quantitative estimate of drug-likeness (QED) is 0.385. The van der Waals surface area contributed by atoms with Crippen LogP contribution in [0.2, 0.25) is 0 Å². The van der Waals surface area contributed by atoms with Gasteiger partial charge in [0, 0.05) is 52.9 Å². The molecule has 2 N–H and O–H groups in total. The zero-order valence-corrected chi connectivity index (χ0v) is 23.8. The molecule has 40 heavy (non-hydrogen) atoms. The van der Waals surface area contributed by atoms with E-state index in [0.717, 1.165) is 6.42 Å². The van der Waals surface area contributed by atoms with Gasteiger partial charge in [0.25, 0.3) is 5.56 Å². The molecule has 1 aromatic carbocycles. The third kappa shape index (κ3) is 5.74. The minimum atomic E-state index is -3.45. The van der Waals surface area contributed by atoms with Gasteiger partial charge in [0.2, 0.25) is 0 Å². The van der Waals surface area contributed by atoms with Crippen molar-refractivity contribution in [3.05, 3.63) is 75.4 Å². The molecule has 0 aliphatic carbocycles. The minimum Gasteiger partial charge on any atom is -0.383 e. The summed E-state index contributed by atoms with van der Waals surface area (Å²) in [5.74, 6) is -1.24. The van der Waals surface area contributed by atoms with Crippen LogP contribution in [0.4, 0.5) is 14.6 Å². The summed E-state index contributed by atoms with van der Waals surface area (Å²) in [6.07, 6.45) is 6.70. The third-order valence-electron chi connectivity index (χ3n) is 8.02.